The van der Waals surface area contributed by atoms with Gasteiger partial charge in [-0.15, -0.1) is 0 Å². The van der Waals surface area contributed by atoms with E-state index in [1.807, 2.05) is 6.92 Å². The van der Waals surface area contributed by atoms with Crippen molar-refractivity contribution in [2.75, 3.05) is 18.5 Å². The Morgan fingerprint density at radius 3 is 2.76 bits per heavy atom. The van der Waals surface area contributed by atoms with Gasteiger partial charge >= 0.3 is 5.69 Å². The second-order valence-corrected chi connectivity index (χ2v) is 5.64. The highest BCUT2D eigenvalue weighted by molar-refractivity contribution is 5.68. The van der Waals surface area contributed by atoms with E-state index in [4.69, 9.17) is 4.74 Å². The van der Waals surface area contributed by atoms with Gasteiger partial charge in [0.1, 0.15) is 5.69 Å². The van der Waals surface area contributed by atoms with Gasteiger partial charge in [0.15, 0.2) is 5.75 Å². The molecule has 0 aliphatic heterocycles. The molecule has 5 nitrogen and oxygen atoms in total. The van der Waals surface area contributed by atoms with Crippen molar-refractivity contribution in [1.82, 2.24) is 0 Å². The Morgan fingerprint density at radius 2 is 2.10 bits per heavy atom. The zero-order valence-electron chi connectivity index (χ0n) is 12.6. The van der Waals surface area contributed by atoms with Crippen LogP contribution in [-0.4, -0.2) is 18.1 Å². The second-order valence-electron chi connectivity index (χ2n) is 5.64. The van der Waals surface area contributed by atoms with E-state index in [0.717, 1.165) is 13.0 Å². The summed E-state index contributed by atoms with van der Waals surface area (Å²) in [5.74, 6) is 0.981. The fraction of sp³-hybridized carbons (Fsp3) is 0.625. The summed E-state index contributed by atoms with van der Waals surface area (Å²) in [6.07, 6.45) is 7.12. The van der Waals surface area contributed by atoms with E-state index in [1.165, 1.54) is 32.1 Å². The van der Waals surface area contributed by atoms with Crippen LogP contribution in [0.2, 0.25) is 0 Å². The van der Waals surface area contributed by atoms with E-state index in [0.29, 0.717) is 24.0 Å². The fourth-order valence-corrected chi connectivity index (χ4v) is 2.83. The Balaban J connectivity index is 2.07. The van der Waals surface area contributed by atoms with Gasteiger partial charge in [-0.05, 0) is 37.3 Å². The molecule has 1 saturated carbocycles. The first-order chi connectivity index (χ1) is 10.2. The average Bonchev–Trinajstić information content (AvgIpc) is 2.51. The van der Waals surface area contributed by atoms with Crippen LogP contribution < -0.4 is 10.1 Å². The SMILES string of the molecule is CCCOc1cccc(NCC2CCCCC2)c1[N+](=O)[O-]. The molecule has 1 aliphatic carbocycles. The van der Waals surface area contributed by atoms with Crippen LogP contribution in [0.15, 0.2) is 18.2 Å². The molecule has 1 N–H and O–H groups in total. The van der Waals surface area contributed by atoms with Gasteiger partial charge < -0.3 is 10.1 Å². The Kier molecular flexibility index (Phi) is 5.84. The van der Waals surface area contributed by atoms with Crippen LogP contribution in [0.25, 0.3) is 0 Å². The first kappa shape index (κ1) is 15.6. The van der Waals surface area contributed by atoms with Crippen molar-refractivity contribution < 1.29 is 9.66 Å². The van der Waals surface area contributed by atoms with E-state index >= 15 is 0 Å². The monoisotopic (exact) mass is 292 g/mol. The average molecular weight is 292 g/mol. The predicted octanol–water partition coefficient (Wildman–Crippen LogP) is 4.38. The molecule has 0 atom stereocenters. The number of nitro benzene ring substituents is 1. The summed E-state index contributed by atoms with van der Waals surface area (Å²) in [4.78, 5) is 11.0. The molecule has 1 aliphatic rings. The molecule has 0 spiro atoms. The van der Waals surface area contributed by atoms with Crippen LogP contribution in [0.4, 0.5) is 11.4 Å². The van der Waals surface area contributed by atoms with E-state index in [-0.39, 0.29) is 10.6 Å². The summed E-state index contributed by atoms with van der Waals surface area (Å²) < 4.78 is 5.50. The fourth-order valence-electron chi connectivity index (χ4n) is 2.83. The maximum atomic E-state index is 11.3. The molecule has 0 heterocycles. The molecule has 0 saturated heterocycles. The van der Waals surface area contributed by atoms with Gasteiger partial charge in [-0.3, -0.25) is 10.1 Å². The minimum atomic E-state index is -0.353. The van der Waals surface area contributed by atoms with Crippen molar-refractivity contribution in [2.45, 2.75) is 45.4 Å². The topological polar surface area (TPSA) is 64.4 Å². The van der Waals surface area contributed by atoms with Gasteiger partial charge in [-0.2, -0.15) is 0 Å². The maximum Gasteiger partial charge on any atom is 0.333 e. The predicted molar refractivity (Wildman–Crippen MR) is 83.9 cm³/mol. The van der Waals surface area contributed by atoms with E-state index in [9.17, 15) is 10.1 Å². The Hall–Kier alpha value is -1.78. The normalized spacial score (nSPS) is 15.7. The maximum absolute atomic E-state index is 11.3. The summed E-state index contributed by atoms with van der Waals surface area (Å²) in [6.45, 7) is 3.28. The molecule has 1 fully saturated rings. The molecular weight excluding hydrogens is 268 g/mol. The van der Waals surface area contributed by atoms with Crippen molar-refractivity contribution in [2.24, 2.45) is 5.92 Å². The highest BCUT2D eigenvalue weighted by atomic mass is 16.6. The molecule has 116 valence electrons. The van der Waals surface area contributed by atoms with Crippen molar-refractivity contribution >= 4 is 11.4 Å². The third kappa shape index (κ3) is 4.34. The standard InChI is InChI=1S/C16H24N2O3/c1-2-11-21-15-10-6-9-14(16(15)18(19)20)17-12-13-7-4-3-5-8-13/h6,9-10,13,17H,2-5,7-8,11-12H2,1H3. The number of nitro groups is 1. The first-order valence-electron chi connectivity index (χ1n) is 7.86. The van der Waals surface area contributed by atoms with Gasteiger partial charge in [0.25, 0.3) is 0 Å². The number of nitrogens with one attached hydrogen (secondary N) is 1. The summed E-state index contributed by atoms with van der Waals surface area (Å²) >= 11 is 0. The smallest absolute Gasteiger partial charge is 0.333 e. The largest absolute Gasteiger partial charge is 0.487 e. The van der Waals surface area contributed by atoms with E-state index < -0.39 is 0 Å². The van der Waals surface area contributed by atoms with Crippen LogP contribution in [0, 0.1) is 16.0 Å². The first-order valence-corrected chi connectivity index (χ1v) is 7.86. The summed E-state index contributed by atoms with van der Waals surface area (Å²) in [5.41, 5.74) is 0.626. The Bertz CT molecular complexity index is 471. The molecule has 1 aromatic rings. The van der Waals surface area contributed by atoms with Gasteiger partial charge in [0.05, 0.1) is 11.5 Å². The number of para-hydroxylation sites is 1. The highest BCUT2D eigenvalue weighted by Crippen LogP contribution is 2.35. The van der Waals surface area contributed by atoms with Gasteiger partial charge in [-0.1, -0.05) is 32.3 Å². The third-order valence-electron chi connectivity index (χ3n) is 3.95. The Labute approximate surface area is 125 Å². The molecule has 0 amide bonds. The number of ether oxygens (including phenoxy) is 1. The van der Waals surface area contributed by atoms with Crippen LogP contribution in [0.3, 0.4) is 0 Å². The molecule has 5 heteroatoms. The summed E-state index contributed by atoms with van der Waals surface area (Å²) in [7, 11) is 0. The van der Waals surface area contributed by atoms with E-state index in [1.54, 1.807) is 18.2 Å². The number of hydrogen-bond acceptors (Lipinski definition) is 4. The van der Waals surface area contributed by atoms with Crippen LogP contribution in [-0.2, 0) is 0 Å². The van der Waals surface area contributed by atoms with Gasteiger partial charge in [0.2, 0.25) is 0 Å². The minimum absolute atomic E-state index is 0.0572. The van der Waals surface area contributed by atoms with Gasteiger partial charge in [-0.25, -0.2) is 0 Å². The molecule has 21 heavy (non-hydrogen) atoms. The number of nitrogens with zero attached hydrogens (tertiary/aromatic N) is 1. The molecule has 2 rings (SSSR count). The number of hydrogen-bond donors (Lipinski definition) is 1. The molecule has 0 unspecified atom stereocenters. The minimum Gasteiger partial charge on any atom is -0.487 e. The third-order valence-corrected chi connectivity index (χ3v) is 3.95. The van der Waals surface area contributed by atoms with Gasteiger partial charge in [0, 0.05) is 6.54 Å². The van der Waals surface area contributed by atoms with Crippen molar-refractivity contribution in [3.8, 4) is 5.75 Å². The highest BCUT2D eigenvalue weighted by Gasteiger charge is 2.22. The second kappa shape index (κ2) is 7.86. The van der Waals surface area contributed by atoms with Crippen molar-refractivity contribution in [3.63, 3.8) is 0 Å². The van der Waals surface area contributed by atoms with E-state index in [2.05, 4.69) is 5.32 Å². The summed E-state index contributed by atoms with van der Waals surface area (Å²) in [6, 6.07) is 5.24. The molecule has 0 aromatic heterocycles. The quantitative estimate of drug-likeness (QED) is 0.598. The number of rotatable bonds is 7. The zero-order valence-corrected chi connectivity index (χ0v) is 12.6. The molecule has 1 aromatic carbocycles. The molecule has 0 radical (unpaired) electrons. The van der Waals surface area contributed by atoms with Crippen LogP contribution in [0.1, 0.15) is 45.4 Å². The lowest BCUT2D eigenvalue weighted by Gasteiger charge is -2.22. The summed E-state index contributed by atoms with van der Waals surface area (Å²) in [5, 5.41) is 14.6. The zero-order chi connectivity index (χ0) is 15.1. The lowest BCUT2D eigenvalue weighted by molar-refractivity contribution is -0.385. The van der Waals surface area contributed by atoms with Crippen LogP contribution >= 0.6 is 0 Å². The van der Waals surface area contributed by atoms with Crippen molar-refractivity contribution in [1.29, 1.82) is 0 Å². The molecule has 0 bridgehead atoms. The molecular formula is C16H24N2O3. The lowest BCUT2D eigenvalue weighted by Crippen LogP contribution is -2.17. The number of anilines is 1. The lowest BCUT2D eigenvalue weighted by atomic mass is 9.89. The van der Waals surface area contributed by atoms with Crippen molar-refractivity contribution in [3.05, 3.63) is 28.3 Å². The number of benzene rings is 1. The Morgan fingerprint density at radius 1 is 1.33 bits per heavy atom. The van der Waals surface area contributed by atoms with Crippen LogP contribution in [0.5, 0.6) is 5.75 Å².